The zero-order chi connectivity index (χ0) is 16.3. The molecule has 2 rings (SSSR count). The maximum atomic E-state index is 11.4. The Hall–Kier alpha value is -2.42. The Morgan fingerprint density at radius 2 is 0.955 bits per heavy atom. The van der Waals surface area contributed by atoms with Gasteiger partial charge in [0.15, 0.2) is 0 Å². The first-order chi connectivity index (χ1) is 10.5. The summed E-state index contributed by atoms with van der Waals surface area (Å²) in [5, 5.41) is 62.8. The summed E-state index contributed by atoms with van der Waals surface area (Å²) in [5.41, 5.74) is 2.91. The highest BCUT2D eigenvalue weighted by atomic mass is 33.1. The summed E-state index contributed by atoms with van der Waals surface area (Å²) in [7, 11) is 1.86. The molecule has 2 aromatic rings. The van der Waals surface area contributed by atoms with Crippen molar-refractivity contribution in [2.24, 2.45) is 0 Å². The highest BCUT2D eigenvalue weighted by Crippen LogP contribution is 2.35. The minimum atomic E-state index is -0.623. The number of rotatable bonds is 5. The van der Waals surface area contributed by atoms with E-state index in [0.29, 0.717) is 0 Å². The SMILES string of the molecule is [O-][n+]1cc(SSc2c[n+]([O-])c(NO)[n+]([O-])c2)c[n+]([O-])c1NO. The quantitative estimate of drug-likeness (QED) is 0.218. The molecular formula is C8H8N6O6S2. The van der Waals surface area contributed by atoms with Gasteiger partial charge in [-0.3, -0.25) is 0 Å². The van der Waals surface area contributed by atoms with Crippen LogP contribution in [0.4, 0.5) is 11.9 Å². The molecular weight excluding hydrogens is 340 g/mol. The molecule has 118 valence electrons. The van der Waals surface area contributed by atoms with Crippen LogP contribution in [0.15, 0.2) is 34.6 Å². The Bertz CT molecular complexity index is 597. The number of anilines is 2. The van der Waals surface area contributed by atoms with Crippen molar-refractivity contribution in [3.8, 4) is 0 Å². The Labute approximate surface area is 129 Å². The van der Waals surface area contributed by atoms with Gasteiger partial charge >= 0.3 is 11.9 Å². The fourth-order valence-corrected chi connectivity index (χ4v) is 3.19. The summed E-state index contributed by atoms with van der Waals surface area (Å²) in [6, 6.07) is 0. The Morgan fingerprint density at radius 1 is 0.682 bits per heavy atom. The molecule has 0 aliphatic rings. The molecule has 0 aliphatic carbocycles. The van der Waals surface area contributed by atoms with E-state index >= 15 is 0 Å². The van der Waals surface area contributed by atoms with Gasteiger partial charge in [-0.15, -0.1) is 18.9 Å². The van der Waals surface area contributed by atoms with Gasteiger partial charge < -0.3 is 20.8 Å². The van der Waals surface area contributed by atoms with Crippen molar-refractivity contribution >= 4 is 33.5 Å². The van der Waals surface area contributed by atoms with E-state index in [-0.39, 0.29) is 28.7 Å². The monoisotopic (exact) mass is 348 g/mol. The minimum Gasteiger partial charge on any atom is -0.675 e. The lowest BCUT2D eigenvalue weighted by molar-refractivity contribution is -0.724. The van der Waals surface area contributed by atoms with Crippen LogP contribution >= 0.6 is 21.6 Å². The predicted octanol–water partition coefficient (Wildman–Crippen LogP) is -1.38. The molecule has 0 aromatic carbocycles. The largest absolute Gasteiger partial charge is 0.675 e. The van der Waals surface area contributed by atoms with Gasteiger partial charge in [-0.1, -0.05) is 0 Å². The van der Waals surface area contributed by atoms with Crippen molar-refractivity contribution in [1.29, 1.82) is 0 Å². The van der Waals surface area contributed by atoms with E-state index in [9.17, 15) is 20.8 Å². The second-order valence-electron chi connectivity index (χ2n) is 3.66. The Morgan fingerprint density at radius 3 is 1.18 bits per heavy atom. The number of nitrogens with one attached hydrogen (secondary N) is 2. The first-order valence-corrected chi connectivity index (χ1v) is 7.48. The zero-order valence-corrected chi connectivity index (χ0v) is 12.1. The average Bonchev–Trinajstić information content (AvgIpc) is 2.44. The number of nitrogens with zero attached hydrogens (tertiary/aromatic N) is 4. The molecule has 0 fully saturated rings. The van der Waals surface area contributed by atoms with E-state index in [1.165, 1.54) is 11.0 Å². The van der Waals surface area contributed by atoms with Gasteiger partial charge in [0.25, 0.3) is 0 Å². The fraction of sp³-hybridized carbons (Fsp3) is 0. The minimum absolute atomic E-state index is 0.121. The maximum absolute atomic E-state index is 11.4. The van der Waals surface area contributed by atoms with Crippen LogP contribution in [-0.2, 0) is 0 Å². The topological polar surface area (TPSA) is 172 Å². The van der Waals surface area contributed by atoms with Crippen LogP contribution in [0.25, 0.3) is 0 Å². The summed E-state index contributed by atoms with van der Waals surface area (Å²) in [4.78, 5) is 0.432. The van der Waals surface area contributed by atoms with Crippen molar-refractivity contribution in [3.63, 3.8) is 0 Å². The molecule has 22 heavy (non-hydrogen) atoms. The molecule has 2 aromatic heterocycles. The molecule has 4 N–H and O–H groups in total. The molecule has 14 heteroatoms. The molecule has 0 spiro atoms. The average molecular weight is 348 g/mol. The van der Waals surface area contributed by atoms with Gasteiger partial charge in [-0.2, -0.15) is 10.4 Å². The van der Waals surface area contributed by atoms with E-state index in [2.05, 4.69) is 0 Å². The lowest BCUT2D eigenvalue weighted by Crippen LogP contribution is -2.45. The molecule has 0 saturated carbocycles. The molecule has 0 radical (unpaired) electrons. The standard InChI is InChI=1S/C8H8N6O6S2/c15-9-7-11(17)1-5(2-12(7)18)21-22-6-3-13(19)8(10-16)14(20)4-6/h1-4,9-10,15-16H. The summed E-state index contributed by atoms with van der Waals surface area (Å²) in [5.74, 6) is -1.25. The summed E-state index contributed by atoms with van der Waals surface area (Å²) < 4.78 is 0.485. The highest BCUT2D eigenvalue weighted by molar-refractivity contribution is 8.76. The van der Waals surface area contributed by atoms with E-state index in [1.54, 1.807) is 0 Å². The van der Waals surface area contributed by atoms with Gasteiger partial charge in [-0.05, 0) is 32.5 Å². The van der Waals surface area contributed by atoms with Crippen LogP contribution in [0.1, 0.15) is 0 Å². The third-order valence-corrected chi connectivity index (χ3v) is 4.54. The second-order valence-corrected chi connectivity index (χ2v) is 5.94. The first kappa shape index (κ1) is 16.0. The fourth-order valence-electron chi connectivity index (χ4n) is 1.35. The summed E-state index contributed by atoms with van der Waals surface area (Å²) >= 11 is 0. The normalized spacial score (nSPS) is 10.5. The number of hydrogen-bond donors (Lipinski definition) is 4. The van der Waals surface area contributed by atoms with E-state index in [0.717, 1.165) is 46.4 Å². The van der Waals surface area contributed by atoms with Crippen LogP contribution < -0.4 is 29.9 Å². The van der Waals surface area contributed by atoms with Crippen molar-refractivity contribution in [3.05, 3.63) is 45.6 Å². The highest BCUT2D eigenvalue weighted by Gasteiger charge is 2.19. The van der Waals surface area contributed by atoms with Crippen molar-refractivity contribution in [2.75, 3.05) is 11.0 Å². The Kier molecular flexibility index (Phi) is 4.76. The molecule has 0 aliphatic heterocycles. The maximum Gasteiger partial charge on any atom is 0.569 e. The second kappa shape index (κ2) is 6.56. The van der Waals surface area contributed by atoms with Gasteiger partial charge in [0.05, 0.1) is 0 Å². The third kappa shape index (κ3) is 3.25. The van der Waals surface area contributed by atoms with Gasteiger partial charge in [0.2, 0.25) is 0 Å². The summed E-state index contributed by atoms with van der Waals surface area (Å²) in [6.45, 7) is 0. The van der Waals surface area contributed by atoms with E-state index in [1.807, 2.05) is 0 Å². The van der Waals surface area contributed by atoms with Crippen LogP contribution in [-0.4, -0.2) is 10.4 Å². The van der Waals surface area contributed by atoms with Crippen LogP contribution in [0, 0.1) is 20.8 Å². The van der Waals surface area contributed by atoms with E-state index in [4.69, 9.17) is 10.4 Å². The molecule has 0 unspecified atom stereocenters. The number of hydrogen-bond acceptors (Lipinski definition) is 10. The van der Waals surface area contributed by atoms with Crippen molar-refractivity contribution in [1.82, 2.24) is 0 Å². The van der Waals surface area contributed by atoms with Gasteiger partial charge in [0.1, 0.15) is 34.6 Å². The third-order valence-electron chi connectivity index (χ3n) is 2.25. The predicted molar refractivity (Wildman–Crippen MR) is 71.3 cm³/mol. The molecule has 2 heterocycles. The van der Waals surface area contributed by atoms with E-state index < -0.39 is 11.9 Å². The van der Waals surface area contributed by atoms with Crippen LogP contribution in [0.3, 0.4) is 0 Å². The van der Waals surface area contributed by atoms with Crippen LogP contribution in [0.5, 0.6) is 0 Å². The van der Waals surface area contributed by atoms with Gasteiger partial charge in [-0.25, -0.2) is 0 Å². The van der Waals surface area contributed by atoms with Crippen molar-refractivity contribution < 1.29 is 29.3 Å². The molecule has 0 amide bonds. The Balaban J connectivity index is 2.17. The smallest absolute Gasteiger partial charge is 0.569 e. The number of aromatic nitrogens is 4. The first-order valence-electron chi connectivity index (χ1n) is 5.33. The van der Waals surface area contributed by atoms with Crippen LogP contribution in [0.2, 0.25) is 0 Å². The lowest BCUT2D eigenvalue weighted by Gasteiger charge is -2.09. The summed E-state index contributed by atoms with van der Waals surface area (Å²) in [6.07, 6.45) is 4.07. The molecule has 0 saturated heterocycles. The molecule has 12 nitrogen and oxygen atoms in total. The molecule has 0 bridgehead atoms. The van der Waals surface area contributed by atoms with Gasteiger partial charge in [0, 0.05) is 0 Å². The lowest BCUT2D eigenvalue weighted by atomic mass is 10.6. The van der Waals surface area contributed by atoms with Crippen molar-refractivity contribution in [2.45, 2.75) is 9.79 Å². The zero-order valence-electron chi connectivity index (χ0n) is 10.4. The molecule has 0 atom stereocenters.